The highest BCUT2D eigenvalue weighted by Gasteiger charge is 2.18. The van der Waals surface area contributed by atoms with Crippen molar-refractivity contribution >= 4 is 39.1 Å². The highest BCUT2D eigenvalue weighted by atomic mass is 79.9. The van der Waals surface area contributed by atoms with E-state index in [4.69, 9.17) is 23.2 Å². The van der Waals surface area contributed by atoms with Gasteiger partial charge in [-0.1, -0.05) is 45.7 Å². The monoisotopic (exact) mass is 354 g/mol. The predicted molar refractivity (Wildman–Crippen MR) is 85.3 cm³/mol. The van der Waals surface area contributed by atoms with Gasteiger partial charge in [-0.15, -0.1) is 11.6 Å². The van der Waals surface area contributed by atoms with Crippen molar-refractivity contribution < 1.29 is 0 Å². The number of hydrogen-bond acceptors (Lipinski definition) is 0. The average Bonchev–Trinajstić information content (AvgIpc) is 2.88. The van der Waals surface area contributed by atoms with Crippen LogP contribution < -0.4 is 0 Å². The van der Waals surface area contributed by atoms with Crippen molar-refractivity contribution in [2.24, 2.45) is 0 Å². The van der Waals surface area contributed by atoms with E-state index in [1.165, 1.54) is 30.4 Å². The molecule has 98 valence electrons. The molecule has 1 atom stereocenters. The van der Waals surface area contributed by atoms with Crippen LogP contribution in [0.25, 0.3) is 0 Å². The van der Waals surface area contributed by atoms with E-state index in [1.54, 1.807) is 0 Å². The molecule has 19 heavy (non-hydrogen) atoms. The van der Waals surface area contributed by atoms with Gasteiger partial charge in [0.05, 0.1) is 5.38 Å². The van der Waals surface area contributed by atoms with Gasteiger partial charge in [0.1, 0.15) is 0 Å². The summed E-state index contributed by atoms with van der Waals surface area (Å²) in [6, 6.07) is 12.4. The molecular weight excluding hydrogens is 343 g/mol. The van der Waals surface area contributed by atoms with Crippen molar-refractivity contribution in [1.82, 2.24) is 0 Å². The van der Waals surface area contributed by atoms with Gasteiger partial charge in [0.25, 0.3) is 0 Å². The van der Waals surface area contributed by atoms with Crippen molar-refractivity contribution in [1.29, 1.82) is 0 Å². The Bertz CT molecular complexity index is 622. The van der Waals surface area contributed by atoms with Gasteiger partial charge >= 0.3 is 0 Å². The van der Waals surface area contributed by atoms with E-state index in [1.807, 2.05) is 18.2 Å². The lowest BCUT2D eigenvalue weighted by atomic mass is 10.00. The van der Waals surface area contributed by atoms with Crippen LogP contribution in [0.4, 0.5) is 0 Å². The minimum Gasteiger partial charge on any atom is -0.113 e. The molecule has 0 nitrogen and oxygen atoms in total. The second kappa shape index (κ2) is 5.47. The SMILES string of the molecule is Clc1ccc(Br)cc1C(Cl)c1ccc2c(c1)CCC2. The Morgan fingerprint density at radius 1 is 1.00 bits per heavy atom. The molecule has 0 radical (unpaired) electrons. The van der Waals surface area contributed by atoms with Crippen molar-refractivity contribution in [3.05, 3.63) is 68.1 Å². The first kappa shape index (κ1) is 13.5. The summed E-state index contributed by atoms with van der Waals surface area (Å²) in [4.78, 5) is 0. The number of benzene rings is 2. The molecule has 0 aliphatic heterocycles. The van der Waals surface area contributed by atoms with Gasteiger partial charge in [0.2, 0.25) is 0 Å². The van der Waals surface area contributed by atoms with Crippen molar-refractivity contribution in [2.75, 3.05) is 0 Å². The van der Waals surface area contributed by atoms with Crippen molar-refractivity contribution in [3.63, 3.8) is 0 Å². The molecule has 3 rings (SSSR count). The quantitative estimate of drug-likeness (QED) is 0.586. The lowest BCUT2D eigenvalue weighted by Gasteiger charge is -2.14. The third kappa shape index (κ3) is 2.69. The third-order valence-electron chi connectivity index (χ3n) is 3.65. The summed E-state index contributed by atoms with van der Waals surface area (Å²) in [6.07, 6.45) is 3.61. The topological polar surface area (TPSA) is 0 Å². The summed E-state index contributed by atoms with van der Waals surface area (Å²) in [6.45, 7) is 0. The Morgan fingerprint density at radius 2 is 1.79 bits per heavy atom. The lowest BCUT2D eigenvalue weighted by molar-refractivity contribution is 0.911. The van der Waals surface area contributed by atoms with E-state index >= 15 is 0 Å². The van der Waals surface area contributed by atoms with Gasteiger partial charge in [-0.3, -0.25) is 0 Å². The van der Waals surface area contributed by atoms with Crippen LogP contribution in [0.3, 0.4) is 0 Å². The molecule has 1 unspecified atom stereocenters. The second-order valence-electron chi connectivity index (χ2n) is 4.91. The molecular formula is C16H13BrCl2. The maximum Gasteiger partial charge on any atom is 0.0850 e. The summed E-state index contributed by atoms with van der Waals surface area (Å²) >= 11 is 16.3. The van der Waals surface area contributed by atoms with Crippen LogP contribution in [-0.2, 0) is 12.8 Å². The maximum atomic E-state index is 6.61. The number of alkyl halides is 1. The van der Waals surface area contributed by atoms with E-state index in [2.05, 4.69) is 34.1 Å². The molecule has 0 N–H and O–H groups in total. The van der Waals surface area contributed by atoms with E-state index < -0.39 is 0 Å². The summed E-state index contributed by atoms with van der Waals surface area (Å²) in [5.74, 6) is 0. The van der Waals surface area contributed by atoms with Crippen LogP contribution in [0, 0.1) is 0 Å². The normalized spacial score (nSPS) is 15.3. The van der Waals surface area contributed by atoms with Crippen LogP contribution in [0.5, 0.6) is 0 Å². The standard InChI is InChI=1S/C16H13BrCl2/c17-13-6-7-15(18)14(9-13)16(19)12-5-4-10-2-1-3-11(10)8-12/h4-9,16H,1-3H2. The number of aryl methyl sites for hydroxylation is 2. The number of fused-ring (bicyclic) bond motifs is 1. The smallest absolute Gasteiger partial charge is 0.0850 e. The largest absolute Gasteiger partial charge is 0.113 e. The lowest BCUT2D eigenvalue weighted by Crippen LogP contribution is -1.96. The summed E-state index contributed by atoms with van der Waals surface area (Å²) in [5.41, 5.74) is 4.99. The number of rotatable bonds is 2. The first-order chi connectivity index (χ1) is 9.15. The fraction of sp³-hybridized carbons (Fsp3) is 0.250. The molecule has 0 saturated carbocycles. The Balaban J connectivity index is 1.99. The second-order valence-corrected chi connectivity index (χ2v) is 6.67. The summed E-state index contributed by atoms with van der Waals surface area (Å²) < 4.78 is 0.999. The van der Waals surface area contributed by atoms with Gasteiger partial charge in [0.15, 0.2) is 0 Å². The number of hydrogen-bond donors (Lipinski definition) is 0. The van der Waals surface area contributed by atoms with Crippen LogP contribution in [0.15, 0.2) is 40.9 Å². The van der Waals surface area contributed by atoms with Crippen molar-refractivity contribution in [2.45, 2.75) is 24.6 Å². The predicted octanol–water partition coefficient (Wildman–Crippen LogP) is 5.92. The third-order valence-corrected chi connectivity index (χ3v) is 4.97. The van der Waals surface area contributed by atoms with Crippen LogP contribution in [0.2, 0.25) is 5.02 Å². The zero-order valence-electron chi connectivity index (χ0n) is 10.3. The Hall–Kier alpha value is -0.500. The molecule has 1 aliphatic carbocycles. The fourth-order valence-corrected chi connectivity index (χ4v) is 3.62. The molecule has 1 aliphatic rings. The van der Waals surface area contributed by atoms with Gasteiger partial charge in [-0.05, 0) is 59.7 Å². The Morgan fingerprint density at radius 3 is 2.63 bits per heavy atom. The van der Waals surface area contributed by atoms with Crippen LogP contribution in [0.1, 0.15) is 34.1 Å². The first-order valence-electron chi connectivity index (χ1n) is 6.36. The molecule has 0 bridgehead atoms. The minimum absolute atomic E-state index is 0.198. The van der Waals surface area contributed by atoms with E-state index in [-0.39, 0.29) is 5.38 Å². The molecule has 0 amide bonds. The average molecular weight is 356 g/mol. The Kier molecular flexibility index (Phi) is 3.88. The summed E-state index contributed by atoms with van der Waals surface area (Å²) in [5, 5.41) is 0.514. The number of halogens is 3. The summed E-state index contributed by atoms with van der Waals surface area (Å²) in [7, 11) is 0. The zero-order chi connectivity index (χ0) is 13.4. The van der Waals surface area contributed by atoms with E-state index in [9.17, 15) is 0 Å². The van der Waals surface area contributed by atoms with Crippen LogP contribution >= 0.6 is 39.1 Å². The fourth-order valence-electron chi connectivity index (χ4n) is 2.64. The highest BCUT2D eigenvalue weighted by molar-refractivity contribution is 9.10. The molecule has 2 aromatic carbocycles. The molecule has 0 heterocycles. The molecule has 0 fully saturated rings. The zero-order valence-corrected chi connectivity index (χ0v) is 13.4. The molecule has 0 saturated heterocycles. The van der Waals surface area contributed by atoms with Gasteiger partial charge in [0, 0.05) is 9.50 Å². The minimum atomic E-state index is -0.198. The van der Waals surface area contributed by atoms with Gasteiger partial charge < -0.3 is 0 Å². The molecule has 2 aromatic rings. The van der Waals surface area contributed by atoms with Gasteiger partial charge in [-0.2, -0.15) is 0 Å². The first-order valence-corrected chi connectivity index (χ1v) is 7.96. The van der Waals surface area contributed by atoms with Gasteiger partial charge in [-0.25, -0.2) is 0 Å². The molecule has 0 spiro atoms. The highest BCUT2D eigenvalue weighted by Crippen LogP contribution is 2.36. The van der Waals surface area contributed by atoms with Crippen LogP contribution in [-0.4, -0.2) is 0 Å². The van der Waals surface area contributed by atoms with Crippen molar-refractivity contribution in [3.8, 4) is 0 Å². The van der Waals surface area contributed by atoms with E-state index in [0.29, 0.717) is 5.02 Å². The molecule has 0 aromatic heterocycles. The Labute approximate surface area is 131 Å². The molecule has 3 heteroatoms. The maximum absolute atomic E-state index is 6.61. The van der Waals surface area contributed by atoms with E-state index in [0.717, 1.165) is 15.6 Å².